The first-order valence-electron chi connectivity index (χ1n) is 5.20. The predicted octanol–water partition coefficient (Wildman–Crippen LogP) is 2.01. The van der Waals surface area contributed by atoms with Crippen molar-refractivity contribution in [1.82, 2.24) is 10.2 Å². The minimum absolute atomic E-state index is 0.153. The van der Waals surface area contributed by atoms with Crippen molar-refractivity contribution in [1.29, 1.82) is 0 Å². The molecule has 0 saturated carbocycles. The van der Waals surface area contributed by atoms with E-state index in [0.717, 1.165) is 18.0 Å². The second kappa shape index (κ2) is 3.84. The van der Waals surface area contributed by atoms with E-state index in [1.165, 1.54) is 9.40 Å². The van der Waals surface area contributed by atoms with E-state index in [1.807, 2.05) is 18.0 Å². The summed E-state index contributed by atoms with van der Waals surface area (Å²) in [5.74, 6) is 0.153. The van der Waals surface area contributed by atoms with Crippen LogP contribution in [0.2, 0.25) is 0 Å². The first kappa shape index (κ1) is 10.3. The van der Waals surface area contributed by atoms with E-state index >= 15 is 0 Å². The molecule has 2 aromatic rings. The molecule has 1 amide bonds. The third kappa shape index (κ3) is 1.55. The van der Waals surface area contributed by atoms with Gasteiger partial charge in [0.15, 0.2) is 0 Å². The molecule has 3 rings (SSSR count). The number of likely N-dealkylation sites (N-methyl/N-ethyl adjacent to an activating group) is 1. The van der Waals surface area contributed by atoms with Crippen LogP contribution in [0, 0.1) is 0 Å². The summed E-state index contributed by atoms with van der Waals surface area (Å²) in [6.45, 7) is 1.84. The third-order valence-corrected chi connectivity index (χ3v) is 5.06. The Hall–Kier alpha value is -0.910. The maximum Gasteiger partial charge on any atom is 0.264 e. The van der Waals surface area contributed by atoms with Gasteiger partial charge in [-0.1, -0.05) is 0 Å². The quantitative estimate of drug-likeness (QED) is 0.886. The summed E-state index contributed by atoms with van der Waals surface area (Å²) in [4.78, 5) is 14.9. The van der Waals surface area contributed by atoms with Gasteiger partial charge >= 0.3 is 0 Å². The molecular formula is C11H12N2OS2. The monoisotopic (exact) mass is 252 g/mol. The van der Waals surface area contributed by atoms with Crippen molar-refractivity contribution in [2.75, 3.05) is 20.1 Å². The van der Waals surface area contributed by atoms with Crippen molar-refractivity contribution in [3.05, 3.63) is 22.4 Å². The molecule has 0 aromatic carbocycles. The number of carbonyl (C=O) groups is 1. The van der Waals surface area contributed by atoms with E-state index in [-0.39, 0.29) is 5.91 Å². The first-order valence-corrected chi connectivity index (χ1v) is 6.90. The fraction of sp³-hybridized carbons (Fsp3) is 0.364. The lowest BCUT2D eigenvalue weighted by molar-refractivity contribution is 0.0686. The molecule has 0 atom stereocenters. The summed E-state index contributed by atoms with van der Waals surface area (Å²) in [6, 6.07) is 4.45. The Labute approximate surface area is 102 Å². The van der Waals surface area contributed by atoms with Gasteiger partial charge in [0.05, 0.1) is 10.9 Å². The summed E-state index contributed by atoms with van der Waals surface area (Å²) in [7, 11) is 1.89. The molecule has 0 radical (unpaired) electrons. The van der Waals surface area contributed by atoms with Gasteiger partial charge in [-0.3, -0.25) is 4.79 Å². The number of rotatable bonds is 2. The number of nitrogens with zero attached hydrogens (tertiary/aromatic N) is 1. The Morgan fingerprint density at radius 2 is 2.31 bits per heavy atom. The highest BCUT2D eigenvalue weighted by atomic mass is 32.1. The molecule has 0 aliphatic carbocycles. The molecule has 1 aliphatic heterocycles. The van der Waals surface area contributed by atoms with E-state index in [0.29, 0.717) is 6.04 Å². The molecule has 3 heterocycles. The first-order chi connectivity index (χ1) is 7.75. The van der Waals surface area contributed by atoms with Crippen LogP contribution < -0.4 is 5.32 Å². The highest BCUT2D eigenvalue weighted by Gasteiger charge is 2.26. The molecule has 1 fully saturated rings. The van der Waals surface area contributed by atoms with Crippen LogP contribution in [0.1, 0.15) is 9.67 Å². The Bertz CT molecular complexity index is 498. The zero-order valence-electron chi connectivity index (χ0n) is 8.90. The molecule has 2 aromatic heterocycles. The lowest BCUT2D eigenvalue weighted by Crippen LogP contribution is -2.57. The molecule has 0 unspecified atom stereocenters. The second-order valence-corrected chi connectivity index (χ2v) is 6.02. The van der Waals surface area contributed by atoms with Crippen molar-refractivity contribution >= 4 is 38.0 Å². The van der Waals surface area contributed by atoms with Crippen molar-refractivity contribution < 1.29 is 4.79 Å². The molecule has 16 heavy (non-hydrogen) atoms. The molecule has 5 heteroatoms. The van der Waals surface area contributed by atoms with Gasteiger partial charge in [0, 0.05) is 29.5 Å². The molecular weight excluding hydrogens is 240 g/mol. The smallest absolute Gasteiger partial charge is 0.264 e. The standard InChI is InChI=1S/C11H12N2OS2/c1-13(7-5-12-6-7)11(14)10-4-9-8(16-10)2-3-15-9/h2-4,7,12H,5-6H2,1H3. The van der Waals surface area contributed by atoms with E-state index in [2.05, 4.69) is 16.8 Å². The zero-order chi connectivity index (χ0) is 11.1. The number of thiophene rings is 2. The van der Waals surface area contributed by atoms with Crippen molar-refractivity contribution in [2.24, 2.45) is 0 Å². The highest BCUT2D eigenvalue weighted by Crippen LogP contribution is 2.30. The fourth-order valence-corrected chi connectivity index (χ4v) is 3.85. The summed E-state index contributed by atoms with van der Waals surface area (Å²) in [6.07, 6.45) is 0. The van der Waals surface area contributed by atoms with Gasteiger partial charge in [-0.25, -0.2) is 0 Å². The summed E-state index contributed by atoms with van der Waals surface area (Å²) < 4.78 is 2.43. The average molecular weight is 252 g/mol. The molecule has 84 valence electrons. The van der Waals surface area contributed by atoms with Gasteiger partial charge in [0.2, 0.25) is 0 Å². The minimum Gasteiger partial charge on any atom is -0.335 e. The van der Waals surface area contributed by atoms with Gasteiger partial charge in [0.25, 0.3) is 5.91 Å². The molecule has 0 spiro atoms. The Balaban J connectivity index is 1.86. The molecule has 1 N–H and O–H groups in total. The number of nitrogens with one attached hydrogen (secondary N) is 1. The largest absolute Gasteiger partial charge is 0.335 e. The van der Waals surface area contributed by atoms with Gasteiger partial charge < -0.3 is 10.2 Å². The minimum atomic E-state index is 0.153. The molecule has 3 nitrogen and oxygen atoms in total. The maximum atomic E-state index is 12.2. The van der Waals surface area contributed by atoms with E-state index in [4.69, 9.17) is 0 Å². The average Bonchev–Trinajstić information content (AvgIpc) is 2.72. The van der Waals surface area contributed by atoms with Crippen LogP contribution in [0.3, 0.4) is 0 Å². The van der Waals surface area contributed by atoms with E-state index in [1.54, 1.807) is 22.7 Å². The number of hydrogen-bond acceptors (Lipinski definition) is 4. The topological polar surface area (TPSA) is 32.3 Å². The number of fused-ring (bicyclic) bond motifs is 1. The van der Waals surface area contributed by atoms with Crippen LogP contribution in [0.4, 0.5) is 0 Å². The van der Waals surface area contributed by atoms with Gasteiger partial charge in [0.1, 0.15) is 0 Å². The Morgan fingerprint density at radius 1 is 1.50 bits per heavy atom. The number of hydrogen-bond donors (Lipinski definition) is 1. The Kier molecular flexibility index (Phi) is 2.46. The molecule has 0 bridgehead atoms. The van der Waals surface area contributed by atoms with Crippen LogP contribution in [0.5, 0.6) is 0 Å². The Morgan fingerprint density at radius 3 is 2.94 bits per heavy atom. The number of carbonyl (C=O) groups excluding carboxylic acids is 1. The van der Waals surface area contributed by atoms with Crippen molar-refractivity contribution in [2.45, 2.75) is 6.04 Å². The predicted molar refractivity (Wildman–Crippen MR) is 68.5 cm³/mol. The lowest BCUT2D eigenvalue weighted by Gasteiger charge is -2.35. The van der Waals surface area contributed by atoms with Crippen LogP contribution in [0.25, 0.3) is 9.40 Å². The van der Waals surface area contributed by atoms with E-state index < -0.39 is 0 Å². The van der Waals surface area contributed by atoms with E-state index in [9.17, 15) is 4.79 Å². The molecule has 1 aliphatic rings. The fourth-order valence-electron chi connectivity index (χ4n) is 1.76. The van der Waals surface area contributed by atoms with Crippen molar-refractivity contribution in [3.8, 4) is 0 Å². The second-order valence-electron chi connectivity index (χ2n) is 3.99. The van der Waals surface area contributed by atoms with Crippen LogP contribution >= 0.6 is 22.7 Å². The third-order valence-electron chi connectivity index (χ3n) is 2.98. The SMILES string of the molecule is CN(C(=O)c1cc2sccc2s1)C1CNC1. The van der Waals surface area contributed by atoms with Gasteiger partial charge in [-0.05, 0) is 17.5 Å². The van der Waals surface area contributed by atoms with Gasteiger partial charge in [-0.15, -0.1) is 22.7 Å². The van der Waals surface area contributed by atoms with Crippen molar-refractivity contribution in [3.63, 3.8) is 0 Å². The van der Waals surface area contributed by atoms with Gasteiger partial charge in [-0.2, -0.15) is 0 Å². The zero-order valence-corrected chi connectivity index (χ0v) is 10.5. The normalized spacial score (nSPS) is 16.3. The number of amides is 1. The maximum absolute atomic E-state index is 12.2. The molecule has 1 saturated heterocycles. The highest BCUT2D eigenvalue weighted by molar-refractivity contribution is 7.27. The van der Waals surface area contributed by atoms with Crippen LogP contribution in [-0.2, 0) is 0 Å². The summed E-state index contributed by atoms with van der Waals surface area (Å²) in [5.41, 5.74) is 0. The van der Waals surface area contributed by atoms with Crippen LogP contribution in [-0.4, -0.2) is 37.0 Å². The summed E-state index contributed by atoms with van der Waals surface area (Å²) >= 11 is 3.28. The van der Waals surface area contributed by atoms with Crippen LogP contribution in [0.15, 0.2) is 17.5 Å². The summed E-state index contributed by atoms with van der Waals surface area (Å²) in [5, 5.41) is 5.25. The lowest BCUT2D eigenvalue weighted by atomic mass is 10.1.